The van der Waals surface area contributed by atoms with Crippen LogP contribution in [0.5, 0.6) is 0 Å². The Morgan fingerprint density at radius 3 is 1.69 bits per heavy atom. The maximum absolute atomic E-state index is 6.54. The molecule has 0 aliphatic carbocycles. The third-order valence-electron chi connectivity index (χ3n) is 9.86. The monoisotopic (exact) mass is 669 g/mol. The Balaban J connectivity index is 1.08. The number of hydrogen-bond donors (Lipinski definition) is 1. The SMILES string of the molecule is c1ccc(-c2ccc(Nc3ccc(-c4cc(-c5cccc6c5oc5ccccc56)cc(-c5cccc6c5sc5ccccc56)c4)cc3)cc2)cc1. The summed E-state index contributed by atoms with van der Waals surface area (Å²) in [5.74, 6) is 0. The van der Waals surface area contributed by atoms with Gasteiger partial charge in [0.15, 0.2) is 0 Å². The quantitative estimate of drug-likeness (QED) is 0.191. The lowest BCUT2D eigenvalue weighted by Crippen LogP contribution is -1.91. The third kappa shape index (κ3) is 5.27. The second kappa shape index (κ2) is 12.2. The predicted molar refractivity (Wildman–Crippen MR) is 218 cm³/mol. The maximum Gasteiger partial charge on any atom is 0.143 e. The molecule has 10 aromatic rings. The molecule has 0 atom stereocenters. The third-order valence-corrected chi connectivity index (χ3v) is 11.1. The Morgan fingerprint density at radius 2 is 0.922 bits per heavy atom. The van der Waals surface area contributed by atoms with Crippen LogP contribution in [0.1, 0.15) is 0 Å². The van der Waals surface area contributed by atoms with Crippen molar-refractivity contribution >= 4 is 64.8 Å². The van der Waals surface area contributed by atoms with Crippen LogP contribution in [0.3, 0.4) is 0 Å². The van der Waals surface area contributed by atoms with Crippen molar-refractivity contribution in [2.45, 2.75) is 0 Å². The molecule has 10 rings (SSSR count). The van der Waals surface area contributed by atoms with Gasteiger partial charge in [-0.3, -0.25) is 0 Å². The smallest absolute Gasteiger partial charge is 0.143 e. The lowest BCUT2D eigenvalue weighted by Gasteiger charge is -2.13. The number of thiophene rings is 1. The Kier molecular flexibility index (Phi) is 7.04. The summed E-state index contributed by atoms with van der Waals surface area (Å²) in [6.45, 7) is 0. The van der Waals surface area contributed by atoms with Crippen LogP contribution in [0, 0.1) is 0 Å². The highest BCUT2D eigenvalue weighted by molar-refractivity contribution is 7.26. The van der Waals surface area contributed by atoms with Gasteiger partial charge in [-0.15, -0.1) is 11.3 Å². The molecule has 0 aliphatic heterocycles. The van der Waals surface area contributed by atoms with Gasteiger partial charge in [-0.1, -0.05) is 127 Å². The highest BCUT2D eigenvalue weighted by Crippen LogP contribution is 2.43. The summed E-state index contributed by atoms with van der Waals surface area (Å²) in [6, 6.07) is 65.0. The number of furan rings is 1. The summed E-state index contributed by atoms with van der Waals surface area (Å²) in [7, 11) is 0. The van der Waals surface area contributed by atoms with Crippen LogP contribution in [0.4, 0.5) is 11.4 Å². The Hall–Kier alpha value is -6.42. The molecule has 0 fully saturated rings. The molecule has 2 heterocycles. The van der Waals surface area contributed by atoms with E-state index >= 15 is 0 Å². The van der Waals surface area contributed by atoms with Gasteiger partial charge in [0.2, 0.25) is 0 Å². The fourth-order valence-corrected chi connectivity index (χ4v) is 8.58. The number of anilines is 2. The van der Waals surface area contributed by atoms with Crippen molar-refractivity contribution in [1.29, 1.82) is 0 Å². The molecule has 240 valence electrons. The van der Waals surface area contributed by atoms with E-state index in [-0.39, 0.29) is 0 Å². The van der Waals surface area contributed by atoms with Crippen LogP contribution in [0.2, 0.25) is 0 Å². The molecular weight excluding hydrogens is 639 g/mol. The predicted octanol–water partition coefficient (Wildman–Crippen LogP) is 14.4. The average molecular weight is 670 g/mol. The van der Waals surface area contributed by atoms with Gasteiger partial charge in [-0.25, -0.2) is 0 Å². The van der Waals surface area contributed by atoms with E-state index in [9.17, 15) is 0 Å². The average Bonchev–Trinajstić information content (AvgIpc) is 3.77. The minimum Gasteiger partial charge on any atom is -0.455 e. The van der Waals surface area contributed by atoms with Crippen molar-refractivity contribution in [1.82, 2.24) is 0 Å². The summed E-state index contributed by atoms with van der Waals surface area (Å²) in [5.41, 5.74) is 13.3. The van der Waals surface area contributed by atoms with E-state index in [4.69, 9.17) is 4.42 Å². The lowest BCUT2D eigenvalue weighted by atomic mass is 9.92. The fourth-order valence-electron chi connectivity index (χ4n) is 7.34. The van der Waals surface area contributed by atoms with Gasteiger partial charge in [0.1, 0.15) is 11.2 Å². The van der Waals surface area contributed by atoms with Crippen molar-refractivity contribution < 1.29 is 4.42 Å². The largest absolute Gasteiger partial charge is 0.455 e. The molecule has 2 aromatic heterocycles. The summed E-state index contributed by atoms with van der Waals surface area (Å²) in [6.07, 6.45) is 0. The van der Waals surface area contributed by atoms with Gasteiger partial charge in [-0.05, 0) is 93.5 Å². The maximum atomic E-state index is 6.54. The molecule has 0 amide bonds. The summed E-state index contributed by atoms with van der Waals surface area (Å²) in [4.78, 5) is 0. The molecule has 3 heteroatoms. The molecule has 1 N–H and O–H groups in total. The van der Waals surface area contributed by atoms with Crippen molar-refractivity contribution in [3.63, 3.8) is 0 Å². The Labute approximate surface area is 299 Å². The second-order valence-electron chi connectivity index (χ2n) is 13.0. The first-order valence-corrected chi connectivity index (χ1v) is 18.1. The van der Waals surface area contributed by atoms with Crippen LogP contribution < -0.4 is 5.32 Å². The first-order valence-electron chi connectivity index (χ1n) is 17.2. The summed E-state index contributed by atoms with van der Waals surface area (Å²) in [5, 5.41) is 8.47. The van der Waals surface area contributed by atoms with Crippen LogP contribution >= 0.6 is 11.3 Å². The lowest BCUT2D eigenvalue weighted by molar-refractivity contribution is 0.670. The number of fused-ring (bicyclic) bond motifs is 6. The molecular formula is C48H31NOS. The highest BCUT2D eigenvalue weighted by Gasteiger charge is 2.16. The van der Waals surface area contributed by atoms with E-state index in [2.05, 4.69) is 175 Å². The van der Waals surface area contributed by atoms with E-state index < -0.39 is 0 Å². The molecule has 0 unspecified atom stereocenters. The molecule has 51 heavy (non-hydrogen) atoms. The van der Waals surface area contributed by atoms with Crippen LogP contribution in [-0.2, 0) is 0 Å². The molecule has 0 radical (unpaired) electrons. The topological polar surface area (TPSA) is 25.2 Å². The summed E-state index contributed by atoms with van der Waals surface area (Å²) >= 11 is 1.87. The van der Waals surface area contributed by atoms with E-state index in [0.717, 1.165) is 55.6 Å². The van der Waals surface area contributed by atoms with Gasteiger partial charge in [0.05, 0.1) is 0 Å². The molecule has 8 aromatic carbocycles. The Bertz CT molecular complexity index is 2730. The van der Waals surface area contributed by atoms with Gasteiger partial charge >= 0.3 is 0 Å². The minimum absolute atomic E-state index is 0.907. The number of nitrogens with one attached hydrogen (secondary N) is 1. The normalized spacial score (nSPS) is 11.5. The fraction of sp³-hybridized carbons (Fsp3) is 0. The van der Waals surface area contributed by atoms with E-state index in [1.807, 2.05) is 23.5 Å². The first-order chi connectivity index (χ1) is 25.2. The Morgan fingerprint density at radius 1 is 0.373 bits per heavy atom. The van der Waals surface area contributed by atoms with Crippen molar-refractivity contribution in [3.05, 3.63) is 182 Å². The van der Waals surface area contributed by atoms with Crippen molar-refractivity contribution in [2.75, 3.05) is 5.32 Å². The standard InChI is InChI=1S/C48H31NOS/c1-2-10-31(11-3-1)32-20-24-37(25-21-32)49-38-26-22-33(23-27-38)34-28-35(39-14-8-16-43-41-12-4-6-18-45(41)50-47(39)43)30-36(29-34)40-15-9-17-44-42-13-5-7-19-46(42)51-48(40)44/h1-30,49H. The number of para-hydroxylation sites is 2. The first kappa shape index (κ1) is 29.5. The molecule has 0 saturated carbocycles. The van der Waals surface area contributed by atoms with E-state index in [1.165, 1.54) is 42.4 Å². The molecule has 0 spiro atoms. The molecule has 0 saturated heterocycles. The zero-order chi connectivity index (χ0) is 33.7. The van der Waals surface area contributed by atoms with E-state index in [1.54, 1.807) is 0 Å². The van der Waals surface area contributed by atoms with Crippen LogP contribution in [-0.4, -0.2) is 0 Å². The zero-order valence-corrected chi connectivity index (χ0v) is 28.5. The van der Waals surface area contributed by atoms with Crippen LogP contribution in [0.25, 0.3) is 86.6 Å². The molecule has 2 nitrogen and oxygen atoms in total. The van der Waals surface area contributed by atoms with Gasteiger partial charge in [0.25, 0.3) is 0 Å². The number of rotatable bonds is 6. The van der Waals surface area contributed by atoms with E-state index in [0.29, 0.717) is 0 Å². The van der Waals surface area contributed by atoms with Gasteiger partial charge < -0.3 is 9.73 Å². The highest BCUT2D eigenvalue weighted by atomic mass is 32.1. The summed E-state index contributed by atoms with van der Waals surface area (Å²) < 4.78 is 9.15. The van der Waals surface area contributed by atoms with Crippen molar-refractivity contribution in [2.24, 2.45) is 0 Å². The van der Waals surface area contributed by atoms with Gasteiger partial charge in [0, 0.05) is 47.9 Å². The van der Waals surface area contributed by atoms with Crippen LogP contribution in [0.15, 0.2) is 186 Å². The second-order valence-corrected chi connectivity index (χ2v) is 14.1. The minimum atomic E-state index is 0.907. The zero-order valence-electron chi connectivity index (χ0n) is 27.6. The molecule has 0 aliphatic rings. The van der Waals surface area contributed by atoms with Gasteiger partial charge in [-0.2, -0.15) is 0 Å². The molecule has 0 bridgehead atoms. The number of benzene rings is 8. The number of hydrogen-bond acceptors (Lipinski definition) is 3. The van der Waals surface area contributed by atoms with Crippen molar-refractivity contribution in [3.8, 4) is 44.5 Å².